The first-order chi connectivity index (χ1) is 12.9. The van der Waals surface area contributed by atoms with Crippen molar-refractivity contribution in [1.29, 1.82) is 0 Å². The number of carbonyl (C=O) groups excluding carboxylic acids is 1. The molecule has 0 aliphatic heterocycles. The molecule has 0 fully saturated rings. The predicted octanol–water partition coefficient (Wildman–Crippen LogP) is 4.36. The van der Waals surface area contributed by atoms with Gasteiger partial charge in [-0.25, -0.2) is 4.98 Å². The summed E-state index contributed by atoms with van der Waals surface area (Å²) in [6.45, 7) is 10.3. The van der Waals surface area contributed by atoms with Gasteiger partial charge in [-0.15, -0.1) is 11.3 Å². The van der Waals surface area contributed by atoms with E-state index in [-0.39, 0.29) is 11.8 Å². The molecule has 0 radical (unpaired) electrons. The molecule has 6 heteroatoms. The molecule has 0 aliphatic carbocycles. The first kappa shape index (κ1) is 21.4. The molecule has 1 aromatic heterocycles. The molecule has 5 nitrogen and oxygen atoms in total. The Hall–Kier alpha value is -1.92. The minimum absolute atomic E-state index is 0.0291. The molecule has 0 bridgehead atoms. The summed E-state index contributed by atoms with van der Waals surface area (Å²) in [7, 11) is 1.68. The maximum Gasteiger partial charge on any atom is 0.225 e. The van der Waals surface area contributed by atoms with Gasteiger partial charge in [0, 0.05) is 31.6 Å². The zero-order valence-electron chi connectivity index (χ0n) is 16.9. The second-order valence-electron chi connectivity index (χ2n) is 7.11. The normalized spacial score (nSPS) is 11.0. The number of hydrogen-bond donors (Lipinski definition) is 0. The molecule has 0 N–H and O–H groups in total. The van der Waals surface area contributed by atoms with Gasteiger partial charge in [0.2, 0.25) is 5.91 Å². The Morgan fingerprint density at radius 1 is 1.22 bits per heavy atom. The van der Waals surface area contributed by atoms with Gasteiger partial charge in [0.15, 0.2) is 0 Å². The zero-order chi connectivity index (χ0) is 19.8. The third-order valence-electron chi connectivity index (χ3n) is 4.09. The van der Waals surface area contributed by atoms with Gasteiger partial charge in [0.1, 0.15) is 17.4 Å². The third kappa shape index (κ3) is 6.96. The van der Waals surface area contributed by atoms with Gasteiger partial charge >= 0.3 is 0 Å². The lowest BCUT2D eigenvalue weighted by Gasteiger charge is -2.23. The van der Waals surface area contributed by atoms with Crippen molar-refractivity contribution >= 4 is 17.2 Å². The summed E-state index contributed by atoms with van der Waals surface area (Å²) in [4.78, 5) is 19.0. The van der Waals surface area contributed by atoms with E-state index in [1.165, 1.54) is 11.1 Å². The first-order valence-corrected chi connectivity index (χ1v) is 10.2. The van der Waals surface area contributed by atoms with Crippen LogP contribution in [-0.4, -0.2) is 36.1 Å². The van der Waals surface area contributed by atoms with Crippen LogP contribution in [0.15, 0.2) is 23.6 Å². The highest BCUT2D eigenvalue weighted by atomic mass is 32.1. The highest BCUT2D eigenvalue weighted by Gasteiger charge is 2.18. The van der Waals surface area contributed by atoms with Crippen LogP contribution in [0.2, 0.25) is 0 Å². The topological polar surface area (TPSA) is 51.7 Å². The minimum Gasteiger partial charge on any atom is -0.486 e. The molecule has 148 valence electrons. The number of benzene rings is 1. The van der Waals surface area contributed by atoms with Crippen LogP contribution in [0.3, 0.4) is 0 Å². The average Bonchev–Trinajstić information content (AvgIpc) is 3.05. The Kier molecular flexibility index (Phi) is 8.25. The van der Waals surface area contributed by atoms with Crippen molar-refractivity contribution < 1.29 is 14.3 Å². The summed E-state index contributed by atoms with van der Waals surface area (Å²) < 4.78 is 11.0. The monoisotopic (exact) mass is 390 g/mol. The number of hydrogen-bond acceptors (Lipinski definition) is 5. The van der Waals surface area contributed by atoms with E-state index in [9.17, 15) is 4.79 Å². The number of aryl methyl sites for hydroxylation is 2. The second-order valence-corrected chi connectivity index (χ2v) is 8.05. The molecular formula is C21H30N2O3S. The molecular weight excluding hydrogens is 360 g/mol. The van der Waals surface area contributed by atoms with Crippen LogP contribution in [0.1, 0.15) is 42.1 Å². The smallest absolute Gasteiger partial charge is 0.225 e. The number of carbonyl (C=O) groups is 1. The maximum atomic E-state index is 12.5. The van der Waals surface area contributed by atoms with E-state index in [1.54, 1.807) is 18.4 Å². The summed E-state index contributed by atoms with van der Waals surface area (Å²) in [5, 5.41) is 2.93. The van der Waals surface area contributed by atoms with E-state index in [4.69, 9.17) is 9.47 Å². The number of amides is 1. The molecule has 0 aliphatic rings. The van der Waals surface area contributed by atoms with Crippen LogP contribution in [-0.2, 0) is 22.7 Å². The summed E-state index contributed by atoms with van der Waals surface area (Å²) in [5.74, 6) is 0.978. The molecule has 1 amide bonds. The molecule has 0 atom stereocenters. The lowest BCUT2D eigenvalue weighted by molar-refractivity contribution is -0.135. The van der Waals surface area contributed by atoms with Crippen LogP contribution in [0.4, 0.5) is 0 Å². The number of methoxy groups -OCH3 is 1. The fraction of sp³-hybridized carbons (Fsp3) is 0.524. The molecule has 0 saturated carbocycles. The van der Waals surface area contributed by atoms with Crippen molar-refractivity contribution in [2.75, 3.05) is 20.3 Å². The largest absolute Gasteiger partial charge is 0.486 e. The Morgan fingerprint density at radius 3 is 2.56 bits per heavy atom. The Bertz CT molecular complexity index is 723. The van der Waals surface area contributed by atoms with E-state index in [1.807, 2.05) is 36.3 Å². The summed E-state index contributed by atoms with van der Waals surface area (Å²) in [6, 6.07) is 6.18. The lowest BCUT2D eigenvalue weighted by atomic mass is 10.1. The van der Waals surface area contributed by atoms with Gasteiger partial charge < -0.3 is 14.4 Å². The van der Waals surface area contributed by atoms with Crippen molar-refractivity contribution in [2.24, 2.45) is 5.92 Å². The molecule has 1 aromatic carbocycles. The van der Waals surface area contributed by atoms with E-state index in [0.29, 0.717) is 26.3 Å². The van der Waals surface area contributed by atoms with Crippen LogP contribution in [0.25, 0.3) is 0 Å². The van der Waals surface area contributed by atoms with Gasteiger partial charge in [-0.05, 0) is 43.5 Å². The van der Waals surface area contributed by atoms with Crippen LogP contribution in [0.5, 0.6) is 5.75 Å². The predicted molar refractivity (Wildman–Crippen MR) is 109 cm³/mol. The summed E-state index contributed by atoms with van der Waals surface area (Å²) in [5.41, 5.74) is 3.28. The number of rotatable bonds is 10. The first-order valence-electron chi connectivity index (χ1n) is 9.31. The Balaban J connectivity index is 1.96. The fourth-order valence-electron chi connectivity index (χ4n) is 2.88. The maximum absolute atomic E-state index is 12.5. The van der Waals surface area contributed by atoms with Gasteiger partial charge in [0.25, 0.3) is 0 Å². The van der Waals surface area contributed by atoms with Gasteiger partial charge in [-0.3, -0.25) is 4.79 Å². The van der Waals surface area contributed by atoms with Gasteiger partial charge in [0.05, 0.1) is 12.2 Å². The number of ether oxygens (including phenoxy) is 2. The molecule has 27 heavy (non-hydrogen) atoms. The van der Waals surface area contributed by atoms with Crippen LogP contribution >= 0.6 is 11.3 Å². The number of aromatic nitrogens is 1. The fourth-order valence-corrected chi connectivity index (χ4v) is 3.57. The van der Waals surface area contributed by atoms with Crippen molar-refractivity contribution in [3.05, 3.63) is 45.4 Å². The van der Waals surface area contributed by atoms with E-state index >= 15 is 0 Å². The second kappa shape index (κ2) is 10.4. The standard InChI is InChI=1S/C21H30N2O3S/c1-15(2)21(24)23(7-6-8-25-5)12-18-14-27-20(22-18)13-26-19-10-16(3)9-17(4)11-19/h9-11,14-15H,6-8,12-13H2,1-5H3. The number of thiazole rings is 1. The summed E-state index contributed by atoms with van der Waals surface area (Å²) in [6.07, 6.45) is 0.821. The van der Waals surface area contributed by atoms with Gasteiger partial charge in [-0.1, -0.05) is 19.9 Å². The number of nitrogens with zero attached hydrogens (tertiary/aromatic N) is 2. The minimum atomic E-state index is -0.0291. The van der Waals surface area contributed by atoms with Crippen LogP contribution in [0, 0.1) is 19.8 Å². The molecule has 0 unspecified atom stereocenters. The molecule has 0 saturated heterocycles. The third-order valence-corrected chi connectivity index (χ3v) is 4.96. The highest BCUT2D eigenvalue weighted by molar-refractivity contribution is 7.09. The molecule has 2 aromatic rings. The SMILES string of the molecule is COCCCN(Cc1csc(COc2cc(C)cc(C)c2)n1)C(=O)C(C)C. The van der Waals surface area contributed by atoms with E-state index in [2.05, 4.69) is 24.9 Å². The highest BCUT2D eigenvalue weighted by Crippen LogP contribution is 2.20. The quantitative estimate of drug-likeness (QED) is 0.566. The van der Waals surface area contributed by atoms with Gasteiger partial charge in [-0.2, -0.15) is 0 Å². The van der Waals surface area contributed by atoms with Crippen molar-refractivity contribution in [3.8, 4) is 5.75 Å². The van der Waals surface area contributed by atoms with Crippen molar-refractivity contribution in [3.63, 3.8) is 0 Å². The molecule has 2 rings (SSSR count). The molecule has 0 spiro atoms. The van der Waals surface area contributed by atoms with E-state index in [0.717, 1.165) is 22.9 Å². The Labute approximate surface area is 166 Å². The van der Waals surface area contributed by atoms with Crippen molar-refractivity contribution in [1.82, 2.24) is 9.88 Å². The van der Waals surface area contributed by atoms with Crippen molar-refractivity contribution in [2.45, 2.75) is 47.3 Å². The Morgan fingerprint density at radius 2 is 1.93 bits per heavy atom. The van der Waals surface area contributed by atoms with E-state index < -0.39 is 0 Å². The summed E-state index contributed by atoms with van der Waals surface area (Å²) >= 11 is 1.57. The lowest BCUT2D eigenvalue weighted by Crippen LogP contribution is -2.35. The molecule has 1 heterocycles. The average molecular weight is 391 g/mol. The van der Waals surface area contributed by atoms with Crippen LogP contribution < -0.4 is 4.74 Å². The zero-order valence-corrected chi connectivity index (χ0v) is 17.8.